The van der Waals surface area contributed by atoms with Gasteiger partial charge in [-0.05, 0) is 12.8 Å². The molecular weight excluding hydrogens is 263 g/mol. The number of alkyl halides is 3. The number of halogens is 3. The third-order valence-electron chi connectivity index (χ3n) is 2.71. The van der Waals surface area contributed by atoms with Gasteiger partial charge in [-0.1, -0.05) is 13.8 Å². The number of hydrogen-bond acceptors (Lipinski definition) is 3. The molecule has 1 amide bonds. The maximum absolute atomic E-state index is 12.5. The molecule has 0 N–H and O–H groups in total. The molecule has 0 aliphatic heterocycles. The van der Waals surface area contributed by atoms with E-state index in [9.17, 15) is 18.0 Å². The molecule has 114 valence electrons. The Morgan fingerprint density at radius 1 is 1.21 bits per heavy atom. The predicted molar refractivity (Wildman–Crippen MR) is 64.8 cm³/mol. The molecule has 0 bridgehead atoms. The summed E-state index contributed by atoms with van der Waals surface area (Å²) in [6.07, 6.45) is -3.43. The van der Waals surface area contributed by atoms with E-state index in [1.54, 1.807) is 13.8 Å². The van der Waals surface area contributed by atoms with Gasteiger partial charge in [-0.2, -0.15) is 13.2 Å². The van der Waals surface area contributed by atoms with E-state index < -0.39 is 24.7 Å². The summed E-state index contributed by atoms with van der Waals surface area (Å²) in [5.74, 6) is -0.637. The Morgan fingerprint density at radius 3 is 2.21 bits per heavy atom. The second-order valence-corrected chi connectivity index (χ2v) is 4.15. The number of carbonyl (C=O) groups excluding carboxylic acids is 1. The number of nitrogens with zero attached hydrogens (tertiary/aromatic N) is 1. The van der Waals surface area contributed by atoms with Gasteiger partial charge in [0.15, 0.2) is 0 Å². The maximum Gasteiger partial charge on any atom is 0.406 e. The first-order valence-electron chi connectivity index (χ1n) is 6.28. The van der Waals surface area contributed by atoms with Crippen molar-refractivity contribution in [2.75, 3.05) is 33.5 Å². The van der Waals surface area contributed by atoms with Crippen LogP contribution in [0.15, 0.2) is 0 Å². The number of rotatable bonds is 9. The van der Waals surface area contributed by atoms with Crippen molar-refractivity contribution in [1.82, 2.24) is 4.90 Å². The highest BCUT2D eigenvalue weighted by molar-refractivity contribution is 5.77. The van der Waals surface area contributed by atoms with Crippen LogP contribution >= 0.6 is 0 Å². The molecule has 0 aromatic rings. The molecule has 0 saturated heterocycles. The first-order valence-corrected chi connectivity index (χ1v) is 6.28. The Hall–Kier alpha value is -0.820. The van der Waals surface area contributed by atoms with Gasteiger partial charge in [-0.3, -0.25) is 4.79 Å². The number of carbonyl (C=O) groups is 1. The highest BCUT2D eigenvalue weighted by atomic mass is 19.4. The van der Waals surface area contributed by atoms with Gasteiger partial charge in [-0.25, -0.2) is 0 Å². The Kier molecular flexibility index (Phi) is 8.75. The van der Waals surface area contributed by atoms with E-state index in [0.717, 1.165) is 4.90 Å². The Balaban J connectivity index is 4.50. The van der Waals surface area contributed by atoms with E-state index in [-0.39, 0.29) is 13.2 Å². The van der Waals surface area contributed by atoms with Crippen molar-refractivity contribution >= 4 is 5.91 Å². The van der Waals surface area contributed by atoms with Gasteiger partial charge >= 0.3 is 6.18 Å². The van der Waals surface area contributed by atoms with Crippen LogP contribution in [0.3, 0.4) is 0 Å². The molecule has 0 saturated carbocycles. The largest absolute Gasteiger partial charge is 0.406 e. The van der Waals surface area contributed by atoms with Gasteiger partial charge in [0.25, 0.3) is 0 Å². The maximum atomic E-state index is 12.5. The van der Waals surface area contributed by atoms with E-state index in [1.807, 2.05) is 0 Å². The lowest BCUT2D eigenvalue weighted by atomic mass is 10.1. The Labute approximate surface area is 111 Å². The summed E-state index contributed by atoms with van der Waals surface area (Å²) in [7, 11) is 1.48. The van der Waals surface area contributed by atoms with Crippen LogP contribution in [0.4, 0.5) is 13.2 Å². The molecule has 7 heteroatoms. The molecule has 0 fully saturated rings. The summed E-state index contributed by atoms with van der Waals surface area (Å²) in [5, 5.41) is 0. The molecule has 0 rings (SSSR count). The molecule has 0 radical (unpaired) electrons. The lowest BCUT2D eigenvalue weighted by molar-refractivity contribution is -0.169. The first kappa shape index (κ1) is 18.2. The molecule has 0 aliphatic carbocycles. The van der Waals surface area contributed by atoms with Crippen molar-refractivity contribution in [2.45, 2.75) is 38.9 Å². The lowest BCUT2D eigenvalue weighted by Crippen LogP contribution is -2.46. The smallest absolute Gasteiger partial charge is 0.382 e. The topological polar surface area (TPSA) is 38.8 Å². The van der Waals surface area contributed by atoms with Crippen molar-refractivity contribution in [2.24, 2.45) is 0 Å². The van der Waals surface area contributed by atoms with Crippen molar-refractivity contribution in [3.8, 4) is 0 Å². The normalized spacial score (nSPS) is 11.9. The van der Waals surface area contributed by atoms with Crippen LogP contribution in [0.25, 0.3) is 0 Å². The predicted octanol–water partition coefficient (Wildman–Crippen LogP) is 2.23. The molecule has 4 nitrogen and oxygen atoms in total. The molecule has 0 spiro atoms. The van der Waals surface area contributed by atoms with Crippen LogP contribution in [0.2, 0.25) is 0 Å². The first-order chi connectivity index (χ1) is 8.85. The van der Waals surface area contributed by atoms with Crippen LogP contribution in [-0.4, -0.2) is 56.5 Å². The van der Waals surface area contributed by atoms with E-state index in [1.165, 1.54) is 7.11 Å². The summed E-state index contributed by atoms with van der Waals surface area (Å²) in [6.45, 7) is 2.43. The summed E-state index contributed by atoms with van der Waals surface area (Å²) < 4.78 is 47.2. The summed E-state index contributed by atoms with van der Waals surface area (Å²) >= 11 is 0. The zero-order valence-electron chi connectivity index (χ0n) is 11.6. The third-order valence-corrected chi connectivity index (χ3v) is 2.71. The van der Waals surface area contributed by atoms with Crippen LogP contribution < -0.4 is 0 Å². The van der Waals surface area contributed by atoms with Gasteiger partial charge in [0.1, 0.15) is 13.2 Å². The van der Waals surface area contributed by atoms with Crippen LogP contribution in [-0.2, 0) is 14.3 Å². The molecular formula is C12H22F3NO3. The quantitative estimate of drug-likeness (QED) is 0.610. The standard InChI is InChI=1S/C12H22F3NO3/c1-4-10(5-2)16(9-12(13,14)15)11(17)8-19-7-6-18-3/h10H,4-9H2,1-3H3. The average molecular weight is 285 g/mol. The highest BCUT2D eigenvalue weighted by Gasteiger charge is 2.35. The zero-order chi connectivity index (χ0) is 14.9. The van der Waals surface area contributed by atoms with Gasteiger partial charge in [-0.15, -0.1) is 0 Å². The summed E-state index contributed by atoms with van der Waals surface area (Å²) in [5.41, 5.74) is 0. The molecule has 0 unspecified atom stereocenters. The van der Waals surface area contributed by atoms with Gasteiger partial charge in [0.05, 0.1) is 13.2 Å². The van der Waals surface area contributed by atoms with E-state index in [2.05, 4.69) is 0 Å². The van der Waals surface area contributed by atoms with Crippen LogP contribution in [0.5, 0.6) is 0 Å². The second-order valence-electron chi connectivity index (χ2n) is 4.15. The monoisotopic (exact) mass is 285 g/mol. The number of ether oxygens (including phenoxy) is 2. The summed E-state index contributed by atoms with van der Waals surface area (Å²) in [4.78, 5) is 12.7. The fourth-order valence-electron chi connectivity index (χ4n) is 1.73. The van der Waals surface area contributed by atoms with Gasteiger partial charge in [0.2, 0.25) is 5.91 Å². The summed E-state index contributed by atoms with van der Waals surface area (Å²) in [6, 6.07) is -0.417. The van der Waals surface area contributed by atoms with E-state index >= 15 is 0 Å². The number of amides is 1. The SMILES string of the molecule is CCC(CC)N(CC(F)(F)F)C(=O)COCCOC. The third kappa shape index (κ3) is 8.05. The lowest BCUT2D eigenvalue weighted by Gasteiger charge is -2.31. The van der Waals surface area contributed by atoms with Crippen molar-refractivity contribution in [1.29, 1.82) is 0 Å². The minimum Gasteiger partial charge on any atom is -0.382 e. The second kappa shape index (κ2) is 9.14. The van der Waals surface area contributed by atoms with E-state index in [4.69, 9.17) is 9.47 Å². The highest BCUT2D eigenvalue weighted by Crippen LogP contribution is 2.20. The van der Waals surface area contributed by atoms with Crippen molar-refractivity contribution in [3.05, 3.63) is 0 Å². The Bertz CT molecular complexity index is 255. The van der Waals surface area contributed by atoms with Crippen LogP contribution in [0, 0.1) is 0 Å². The number of methoxy groups -OCH3 is 1. The van der Waals surface area contributed by atoms with E-state index in [0.29, 0.717) is 19.4 Å². The van der Waals surface area contributed by atoms with Crippen LogP contribution in [0.1, 0.15) is 26.7 Å². The van der Waals surface area contributed by atoms with Crippen molar-refractivity contribution in [3.63, 3.8) is 0 Å². The van der Waals surface area contributed by atoms with Gasteiger partial charge in [0, 0.05) is 13.2 Å². The molecule has 0 aliphatic rings. The minimum atomic E-state index is -4.40. The molecule has 19 heavy (non-hydrogen) atoms. The Morgan fingerprint density at radius 2 is 1.79 bits per heavy atom. The zero-order valence-corrected chi connectivity index (χ0v) is 11.6. The van der Waals surface area contributed by atoms with Crippen molar-refractivity contribution < 1.29 is 27.4 Å². The fourth-order valence-corrected chi connectivity index (χ4v) is 1.73. The molecule has 0 aromatic heterocycles. The average Bonchev–Trinajstić information content (AvgIpc) is 2.33. The molecule has 0 atom stereocenters. The molecule has 0 heterocycles. The van der Waals surface area contributed by atoms with Gasteiger partial charge < -0.3 is 14.4 Å². The molecule has 0 aromatic carbocycles. The minimum absolute atomic E-state index is 0.186. The number of hydrogen-bond donors (Lipinski definition) is 0. The fraction of sp³-hybridized carbons (Fsp3) is 0.917.